The van der Waals surface area contributed by atoms with Gasteiger partial charge in [-0.2, -0.15) is 69.5 Å². The molecule has 21 heteroatoms. The van der Waals surface area contributed by atoms with Crippen molar-refractivity contribution in [3.05, 3.63) is 318 Å². The van der Waals surface area contributed by atoms with E-state index in [0.717, 1.165) is 60.0 Å². The summed E-state index contributed by atoms with van der Waals surface area (Å²) in [6.07, 6.45) is -18.3. The van der Waals surface area contributed by atoms with E-state index in [4.69, 9.17) is 19.7 Å². The van der Waals surface area contributed by atoms with Gasteiger partial charge in [0.2, 0.25) is 6.19 Å². The van der Waals surface area contributed by atoms with E-state index in [-0.39, 0.29) is 68.1 Å². The maximum absolute atomic E-state index is 14.5. The lowest BCUT2D eigenvalue weighted by molar-refractivity contribution is -0.144. The highest BCUT2D eigenvalue weighted by Crippen LogP contribution is 2.54. The quantitative estimate of drug-likeness (QED) is 0.0575. The Morgan fingerprint density at radius 1 is 0.343 bits per heavy atom. The van der Waals surface area contributed by atoms with E-state index < -0.39 is 47.0 Å². The van der Waals surface area contributed by atoms with Crippen LogP contribution < -0.4 is 10.7 Å². The molecule has 108 heavy (non-hydrogen) atoms. The van der Waals surface area contributed by atoms with Crippen molar-refractivity contribution in [2.45, 2.75) is 45.5 Å². The molecule has 14 aromatic rings. The van der Waals surface area contributed by atoms with E-state index in [0.29, 0.717) is 118 Å². The minimum atomic E-state index is -5.06. The molecule has 0 N–H and O–H groups in total. The summed E-state index contributed by atoms with van der Waals surface area (Å²) in [6.45, 7) is 28.9. The molecule has 0 saturated carbocycles. The van der Waals surface area contributed by atoms with Gasteiger partial charge in [0.25, 0.3) is 11.4 Å². The summed E-state index contributed by atoms with van der Waals surface area (Å²) in [5.74, 6) is -0.379. The topological polar surface area (TPSA) is 109 Å². The van der Waals surface area contributed by atoms with Crippen molar-refractivity contribution in [1.29, 1.82) is 15.8 Å². The zero-order valence-electron chi connectivity index (χ0n) is 56.0. The van der Waals surface area contributed by atoms with Crippen molar-refractivity contribution in [2.24, 2.45) is 10.1 Å². The van der Waals surface area contributed by atoms with Crippen molar-refractivity contribution >= 4 is 75.8 Å². The Kier molecular flexibility index (Phi) is 16.4. The summed E-state index contributed by atoms with van der Waals surface area (Å²) in [5.41, 5.74) is 4.23. The SMILES string of the molecule is [C-]#[N+]/C(C#N)=C1/c2cc(-c3cc(C(F)(F)F)cc(C(F)(F)F)c3)ccc2-c2cc3cc4c(cc3cc21)-c1ccc(-c2ccc(C)c(F)c2)cc1/C4=C(/C#N)[N+]#[C-].[C-]#[N+]/N=c1\c2cc(-c3cc(C)cc(C)c3)ccc2c2c1ccc1c2ccc2c(=NC#N)c3cc(-c4cc(C(F)(F)F)cc(C(F)(F)F)c4)ccc3c21. The molecule has 14 aromatic carbocycles. The second-order valence-corrected chi connectivity index (χ2v) is 26.2. The number of aryl methyl sites for hydroxylation is 3. The lowest BCUT2D eigenvalue weighted by Gasteiger charge is -2.15. The monoisotopic (exact) mass is 1440 g/mol. The van der Waals surface area contributed by atoms with Crippen LogP contribution in [0.5, 0.6) is 0 Å². The van der Waals surface area contributed by atoms with E-state index >= 15 is 0 Å². The summed E-state index contributed by atoms with van der Waals surface area (Å²) in [6, 6.07) is 53.1. The number of hydrogen-bond acceptors (Lipinski definition) is 5. The number of benzene rings is 12. The first-order valence-electron chi connectivity index (χ1n) is 32.6. The maximum atomic E-state index is 14.5. The first kappa shape index (κ1) is 69.7. The molecule has 0 aliphatic heterocycles. The van der Waals surface area contributed by atoms with Crippen molar-refractivity contribution < 1.29 is 57.1 Å². The maximum Gasteiger partial charge on any atom is 0.416 e. The summed E-state index contributed by atoms with van der Waals surface area (Å²) in [4.78, 5) is 14.4. The number of halogens is 13. The zero-order valence-corrected chi connectivity index (χ0v) is 56.0. The van der Waals surface area contributed by atoms with Gasteiger partial charge in [-0.25, -0.2) is 24.6 Å². The first-order valence-corrected chi connectivity index (χ1v) is 32.6. The molecule has 0 fully saturated rings. The molecule has 0 aromatic heterocycles. The van der Waals surface area contributed by atoms with Gasteiger partial charge in [0.05, 0.1) is 58.0 Å². The van der Waals surface area contributed by atoms with Gasteiger partial charge < -0.3 is 0 Å². The zero-order chi connectivity index (χ0) is 76.5. The number of nitrogens with zero attached hydrogens (tertiary/aromatic N) is 8. The molecule has 520 valence electrons. The molecule has 0 amide bonds. The molecule has 0 heterocycles. The fourth-order valence-electron chi connectivity index (χ4n) is 15.0. The van der Waals surface area contributed by atoms with Gasteiger partial charge >= 0.3 is 24.7 Å². The van der Waals surface area contributed by atoms with Crippen LogP contribution in [0.1, 0.15) is 61.2 Å². The summed E-state index contributed by atoms with van der Waals surface area (Å²) < 4.78 is 179. The lowest BCUT2D eigenvalue weighted by atomic mass is 9.94. The number of hydrogen-bond donors (Lipinski definition) is 0. The van der Waals surface area contributed by atoms with Crippen LogP contribution in [0.4, 0.5) is 57.1 Å². The third-order valence-corrected chi connectivity index (χ3v) is 19.7. The first-order chi connectivity index (χ1) is 51.4. The van der Waals surface area contributed by atoms with Crippen LogP contribution >= 0.6 is 0 Å². The van der Waals surface area contributed by atoms with Crippen LogP contribution in [0.15, 0.2) is 216 Å². The van der Waals surface area contributed by atoms with E-state index in [2.05, 4.69) is 42.9 Å². The minimum Gasteiger partial charge on any atom is -0.226 e. The molecular formula is C87H41F13N8. The van der Waals surface area contributed by atoms with Gasteiger partial charge in [0.1, 0.15) is 5.82 Å². The van der Waals surface area contributed by atoms with E-state index in [1.807, 2.05) is 98.8 Å². The molecule has 0 spiro atoms. The third kappa shape index (κ3) is 11.7. The molecule has 0 radical (unpaired) electrons. The van der Waals surface area contributed by atoms with Crippen molar-refractivity contribution in [2.75, 3.05) is 0 Å². The molecule has 2 aliphatic carbocycles. The minimum absolute atomic E-state index is 0.0127. The van der Waals surface area contributed by atoms with Gasteiger partial charge in [0.15, 0.2) is 5.36 Å². The molecule has 2 aliphatic rings. The van der Waals surface area contributed by atoms with Crippen LogP contribution in [-0.2, 0) is 24.7 Å². The molecule has 8 nitrogen and oxygen atoms in total. The third-order valence-electron chi connectivity index (χ3n) is 19.7. The number of alkyl halides is 12. The normalized spacial score (nSPS) is 13.8. The summed E-state index contributed by atoms with van der Waals surface area (Å²) in [5, 5.41) is 43.4. The highest BCUT2D eigenvalue weighted by molar-refractivity contribution is 6.31. The van der Waals surface area contributed by atoms with E-state index in [1.54, 1.807) is 43.4 Å². The van der Waals surface area contributed by atoms with Gasteiger partial charge in [-0.15, -0.1) is 4.95 Å². The Balaban J connectivity index is 0.000000173. The Morgan fingerprint density at radius 2 is 0.685 bits per heavy atom. The Bertz CT molecular complexity index is 6750. The van der Waals surface area contributed by atoms with Crippen molar-refractivity contribution in [3.8, 4) is 85.1 Å². The highest BCUT2D eigenvalue weighted by Gasteiger charge is 2.40. The molecule has 0 bridgehead atoms. The van der Waals surface area contributed by atoms with Crippen LogP contribution in [0.3, 0.4) is 0 Å². The van der Waals surface area contributed by atoms with Crippen molar-refractivity contribution in [1.82, 2.24) is 0 Å². The predicted molar refractivity (Wildman–Crippen MR) is 387 cm³/mol. The second-order valence-electron chi connectivity index (χ2n) is 26.2. The highest BCUT2D eigenvalue weighted by atomic mass is 19.4. The Labute approximate surface area is 604 Å². The predicted octanol–water partition coefficient (Wildman–Crippen LogP) is 24.5. The fraction of sp³-hybridized carbons (Fsp3) is 0.0805. The largest absolute Gasteiger partial charge is 0.416 e. The number of nitriles is 3. The smallest absolute Gasteiger partial charge is 0.226 e. The van der Waals surface area contributed by atoms with Crippen LogP contribution in [0, 0.1) is 80.4 Å². The average molecular weight is 1450 g/mol. The molecule has 0 unspecified atom stereocenters. The molecule has 16 rings (SSSR count). The Hall–Kier alpha value is -14.0. The van der Waals surface area contributed by atoms with Crippen molar-refractivity contribution in [3.63, 3.8) is 0 Å². The standard InChI is InChI=1S/C45H19F7N4.C42H22F6N4/c1-22-4-5-25(18-39(22)46)23-6-8-31-33-14-27-17-38-34(15-28(27)16-37(33)42(35(31)12-23)40(20-53)55-2)32-9-7-24(13-36(32)43(38)41(21-54)56-3)26-10-29(44(47,48)49)19-30(11-26)45(50,51)52;1-21-12-22(2)14-25(13-21)23-4-7-32-36(18-23)40(52-50-3)34-11-9-29-30(38(32)34)8-10-33-37(29)31-6-5-24(17-35(31)39(33)51-20-49)26-15-27(41(43,44)45)19-28(16-26)42(46,47)48/h4-19H,1H3;4-19H,1-2H3/b42-40+,43-41-;51-39?,52-40-. The molecule has 0 saturated heterocycles. The van der Waals surface area contributed by atoms with E-state index in [1.165, 1.54) is 36.4 Å². The number of allylic oxidation sites excluding steroid dienone is 2. The van der Waals surface area contributed by atoms with Gasteiger partial charge in [-0.05, 0) is 249 Å². The van der Waals surface area contributed by atoms with E-state index in [9.17, 15) is 72.9 Å². The average Bonchev–Trinajstić information content (AvgIpc) is 1.56. The van der Waals surface area contributed by atoms with Gasteiger partial charge in [-0.3, -0.25) is 0 Å². The summed E-state index contributed by atoms with van der Waals surface area (Å²) >= 11 is 0. The number of rotatable bonds is 4. The molecule has 0 atom stereocenters. The molecular weight excluding hydrogens is 1400 g/mol. The van der Waals surface area contributed by atoms with Crippen LogP contribution in [-0.4, -0.2) is 0 Å². The Morgan fingerprint density at radius 3 is 1.09 bits per heavy atom. The van der Waals surface area contributed by atoms with Crippen LogP contribution in [0.25, 0.3) is 157 Å². The fourth-order valence-corrected chi connectivity index (χ4v) is 15.0. The van der Waals surface area contributed by atoms with Gasteiger partial charge in [-0.1, -0.05) is 114 Å². The summed E-state index contributed by atoms with van der Waals surface area (Å²) in [7, 11) is 0. The van der Waals surface area contributed by atoms with Gasteiger partial charge in [0, 0.05) is 32.7 Å². The van der Waals surface area contributed by atoms with Crippen LogP contribution in [0.2, 0.25) is 0 Å². The number of fused-ring (bicyclic) bond motifs is 16. The second kappa shape index (κ2) is 25.4. The lowest BCUT2D eigenvalue weighted by Crippen LogP contribution is -2.11.